The van der Waals surface area contributed by atoms with Gasteiger partial charge in [0, 0.05) is 36.1 Å². The zero-order valence-electron chi connectivity index (χ0n) is 10.1. The number of hydrogen-bond donors (Lipinski definition) is 1. The molecule has 1 unspecified atom stereocenters. The van der Waals surface area contributed by atoms with Crippen molar-refractivity contribution in [3.63, 3.8) is 0 Å². The van der Waals surface area contributed by atoms with Crippen LogP contribution in [0, 0.1) is 6.92 Å². The molecule has 3 aromatic rings. The lowest BCUT2D eigenvalue weighted by atomic mass is 10.0. The highest BCUT2D eigenvalue weighted by Gasteiger charge is 2.15. The van der Waals surface area contributed by atoms with Crippen LogP contribution in [0.2, 0.25) is 0 Å². The summed E-state index contributed by atoms with van der Waals surface area (Å²) in [5, 5.41) is 3.85. The van der Waals surface area contributed by atoms with E-state index < -0.39 is 0 Å². The molecule has 0 aliphatic heterocycles. The first kappa shape index (κ1) is 11.0. The molecule has 0 fully saturated rings. The van der Waals surface area contributed by atoms with Crippen molar-refractivity contribution in [2.75, 3.05) is 0 Å². The van der Waals surface area contributed by atoms with E-state index in [1.54, 1.807) is 6.26 Å². The molecule has 5 nitrogen and oxygen atoms in total. The maximum absolute atomic E-state index is 6.18. The quantitative estimate of drug-likeness (QED) is 0.761. The van der Waals surface area contributed by atoms with Gasteiger partial charge in [-0.2, -0.15) is 0 Å². The van der Waals surface area contributed by atoms with Crippen LogP contribution in [0.5, 0.6) is 0 Å². The highest BCUT2D eigenvalue weighted by atomic mass is 16.5. The average molecular weight is 242 g/mol. The van der Waals surface area contributed by atoms with Crippen LogP contribution in [0.15, 0.2) is 41.4 Å². The third kappa shape index (κ3) is 1.78. The molecule has 0 bridgehead atoms. The Bertz CT molecular complexity index is 670. The van der Waals surface area contributed by atoms with Crippen LogP contribution < -0.4 is 5.73 Å². The fourth-order valence-corrected chi connectivity index (χ4v) is 2.13. The molecule has 0 amide bonds. The lowest BCUT2D eigenvalue weighted by Crippen LogP contribution is -2.14. The first-order valence-electron chi connectivity index (χ1n) is 5.83. The van der Waals surface area contributed by atoms with Gasteiger partial charge in [0.15, 0.2) is 0 Å². The van der Waals surface area contributed by atoms with Crippen LogP contribution in [0.3, 0.4) is 0 Å². The summed E-state index contributed by atoms with van der Waals surface area (Å²) in [6, 6.07) is 5.79. The van der Waals surface area contributed by atoms with E-state index in [2.05, 4.69) is 10.1 Å². The number of hydrogen-bond acceptors (Lipinski definition) is 4. The fraction of sp³-hybridized carbons (Fsp3) is 0.231. The van der Waals surface area contributed by atoms with Gasteiger partial charge in [0.05, 0.1) is 5.69 Å². The normalized spacial score (nSPS) is 13.0. The van der Waals surface area contributed by atoms with Crippen molar-refractivity contribution < 1.29 is 4.52 Å². The Morgan fingerprint density at radius 2 is 2.33 bits per heavy atom. The Morgan fingerprint density at radius 3 is 3.11 bits per heavy atom. The lowest BCUT2D eigenvalue weighted by Gasteiger charge is -2.09. The summed E-state index contributed by atoms with van der Waals surface area (Å²) in [5.41, 5.74) is 9.98. The van der Waals surface area contributed by atoms with Gasteiger partial charge < -0.3 is 14.7 Å². The van der Waals surface area contributed by atoms with Crippen molar-refractivity contribution in [2.24, 2.45) is 5.73 Å². The average Bonchev–Trinajstić information content (AvgIpc) is 2.97. The minimum Gasteiger partial charge on any atom is -0.364 e. The minimum absolute atomic E-state index is 0.128. The van der Waals surface area contributed by atoms with Crippen LogP contribution >= 0.6 is 0 Å². The van der Waals surface area contributed by atoms with Crippen molar-refractivity contribution in [3.8, 4) is 0 Å². The Labute approximate surface area is 104 Å². The second-order valence-electron chi connectivity index (χ2n) is 4.34. The zero-order chi connectivity index (χ0) is 12.5. The molecule has 0 aliphatic carbocycles. The summed E-state index contributed by atoms with van der Waals surface area (Å²) < 4.78 is 6.97. The molecule has 1 atom stereocenters. The first-order valence-corrected chi connectivity index (χ1v) is 5.83. The Morgan fingerprint density at radius 1 is 1.44 bits per heavy atom. The monoisotopic (exact) mass is 242 g/mol. The van der Waals surface area contributed by atoms with Gasteiger partial charge in [-0.15, -0.1) is 0 Å². The zero-order valence-corrected chi connectivity index (χ0v) is 10.1. The second kappa shape index (κ2) is 4.27. The van der Waals surface area contributed by atoms with Crippen molar-refractivity contribution in [3.05, 3.63) is 53.8 Å². The highest BCUT2D eigenvalue weighted by molar-refractivity contribution is 5.40. The summed E-state index contributed by atoms with van der Waals surface area (Å²) in [4.78, 5) is 4.34. The van der Waals surface area contributed by atoms with Crippen molar-refractivity contribution in [1.29, 1.82) is 0 Å². The summed E-state index contributed by atoms with van der Waals surface area (Å²) in [6.45, 7) is 1.90. The minimum atomic E-state index is -0.128. The number of aryl methyl sites for hydroxylation is 1. The maximum Gasteiger partial charge on any atom is 0.136 e. The van der Waals surface area contributed by atoms with Gasteiger partial charge in [0.25, 0.3) is 0 Å². The molecule has 3 rings (SSSR count). The molecule has 3 heterocycles. The van der Waals surface area contributed by atoms with Crippen molar-refractivity contribution >= 4 is 5.65 Å². The van der Waals surface area contributed by atoms with Crippen molar-refractivity contribution in [2.45, 2.75) is 19.4 Å². The van der Waals surface area contributed by atoms with Gasteiger partial charge >= 0.3 is 0 Å². The maximum atomic E-state index is 6.18. The SMILES string of the molecule is Cc1nocc1C(N)Cc1cnc2ccccn12. The third-order valence-electron chi connectivity index (χ3n) is 3.11. The standard InChI is InChI=1S/C13H14N4O/c1-9-11(8-18-16-9)12(14)6-10-7-15-13-4-2-3-5-17(10)13/h2-5,7-8,12H,6,14H2,1H3. The predicted octanol–water partition coefficient (Wildman–Crippen LogP) is 1.87. The van der Waals surface area contributed by atoms with Gasteiger partial charge in [-0.25, -0.2) is 4.98 Å². The Balaban J connectivity index is 1.91. The van der Waals surface area contributed by atoms with Crippen LogP contribution in [-0.2, 0) is 6.42 Å². The van der Waals surface area contributed by atoms with Gasteiger partial charge in [-0.3, -0.25) is 0 Å². The second-order valence-corrected chi connectivity index (χ2v) is 4.34. The summed E-state index contributed by atoms with van der Waals surface area (Å²) in [6.07, 6.45) is 6.17. The number of nitrogens with zero attached hydrogens (tertiary/aromatic N) is 3. The van der Waals surface area contributed by atoms with E-state index in [-0.39, 0.29) is 6.04 Å². The van der Waals surface area contributed by atoms with Crippen LogP contribution in [-0.4, -0.2) is 14.5 Å². The molecule has 0 aromatic carbocycles. The molecule has 2 N–H and O–H groups in total. The smallest absolute Gasteiger partial charge is 0.136 e. The summed E-state index contributed by atoms with van der Waals surface area (Å²) >= 11 is 0. The van der Waals surface area contributed by atoms with Gasteiger partial charge in [0.2, 0.25) is 0 Å². The summed E-state index contributed by atoms with van der Waals surface area (Å²) in [5.74, 6) is 0. The fourth-order valence-electron chi connectivity index (χ4n) is 2.13. The van der Waals surface area contributed by atoms with Crippen LogP contribution in [0.4, 0.5) is 0 Å². The van der Waals surface area contributed by atoms with E-state index in [9.17, 15) is 0 Å². The molecular formula is C13H14N4O. The van der Waals surface area contributed by atoms with E-state index in [0.29, 0.717) is 6.42 Å². The summed E-state index contributed by atoms with van der Waals surface area (Å²) in [7, 11) is 0. The van der Waals surface area contributed by atoms with E-state index in [0.717, 1.165) is 22.6 Å². The number of pyridine rings is 1. The molecule has 0 radical (unpaired) electrons. The molecule has 18 heavy (non-hydrogen) atoms. The number of nitrogens with two attached hydrogens (primary N) is 1. The van der Waals surface area contributed by atoms with E-state index in [1.807, 2.05) is 41.9 Å². The molecule has 92 valence electrons. The molecule has 0 saturated carbocycles. The number of fused-ring (bicyclic) bond motifs is 1. The predicted molar refractivity (Wildman–Crippen MR) is 67.1 cm³/mol. The number of imidazole rings is 1. The third-order valence-corrected chi connectivity index (χ3v) is 3.11. The van der Waals surface area contributed by atoms with Crippen molar-refractivity contribution in [1.82, 2.24) is 14.5 Å². The molecule has 0 aliphatic rings. The van der Waals surface area contributed by atoms with E-state index in [1.165, 1.54) is 0 Å². The van der Waals surface area contributed by atoms with Crippen LogP contribution in [0.1, 0.15) is 23.0 Å². The lowest BCUT2D eigenvalue weighted by molar-refractivity contribution is 0.413. The van der Waals surface area contributed by atoms with Gasteiger partial charge in [-0.1, -0.05) is 11.2 Å². The number of aromatic nitrogens is 3. The van der Waals surface area contributed by atoms with Crippen LogP contribution in [0.25, 0.3) is 5.65 Å². The largest absolute Gasteiger partial charge is 0.364 e. The van der Waals surface area contributed by atoms with Gasteiger partial charge in [0.1, 0.15) is 11.9 Å². The highest BCUT2D eigenvalue weighted by Crippen LogP contribution is 2.19. The van der Waals surface area contributed by atoms with Gasteiger partial charge in [-0.05, 0) is 19.1 Å². The molecule has 5 heteroatoms. The van der Waals surface area contributed by atoms with E-state index in [4.69, 9.17) is 10.3 Å². The topological polar surface area (TPSA) is 69.3 Å². The molecular weight excluding hydrogens is 228 g/mol. The molecule has 0 spiro atoms. The Kier molecular flexibility index (Phi) is 2.60. The Hall–Kier alpha value is -2.14. The first-order chi connectivity index (χ1) is 8.75. The van der Waals surface area contributed by atoms with E-state index >= 15 is 0 Å². The number of rotatable bonds is 3. The molecule has 0 saturated heterocycles. The molecule has 3 aromatic heterocycles.